The third kappa shape index (κ3) is 5.10. The summed E-state index contributed by atoms with van der Waals surface area (Å²) in [6.07, 6.45) is -4.64. The molecule has 0 fully saturated rings. The zero-order valence-corrected chi connectivity index (χ0v) is 21.0. The lowest BCUT2D eigenvalue weighted by atomic mass is 9.92. The zero-order valence-electron chi connectivity index (χ0n) is 21.0. The number of H-pyrrole nitrogens is 1. The van der Waals surface area contributed by atoms with Gasteiger partial charge in [-0.3, -0.25) is 9.69 Å². The molecular weight excluding hydrogens is 523 g/mol. The van der Waals surface area contributed by atoms with Crippen LogP contribution in [-0.4, -0.2) is 54.1 Å². The number of anilines is 2. The van der Waals surface area contributed by atoms with Gasteiger partial charge in [-0.15, -0.1) is 5.10 Å². The van der Waals surface area contributed by atoms with Crippen molar-refractivity contribution in [2.75, 3.05) is 32.3 Å². The molecule has 0 bridgehead atoms. The summed E-state index contributed by atoms with van der Waals surface area (Å²) in [5.41, 5.74) is 4.19. The maximum absolute atomic E-state index is 13.5. The first-order chi connectivity index (χ1) is 18.5. The van der Waals surface area contributed by atoms with E-state index in [4.69, 9.17) is 19.9 Å². The van der Waals surface area contributed by atoms with Crippen molar-refractivity contribution < 1.29 is 37.0 Å². The van der Waals surface area contributed by atoms with Gasteiger partial charge in [0.25, 0.3) is 0 Å². The highest BCUT2D eigenvalue weighted by atomic mass is 19.4. The number of carbonyl (C=O) groups excluding carboxylic acids is 2. The molecule has 1 aromatic heterocycles. The van der Waals surface area contributed by atoms with Gasteiger partial charge in [0.05, 0.1) is 24.9 Å². The van der Waals surface area contributed by atoms with Crippen molar-refractivity contribution in [1.82, 2.24) is 14.8 Å². The van der Waals surface area contributed by atoms with E-state index in [0.717, 1.165) is 23.8 Å². The number of ether oxygens (including phenoxy) is 3. The van der Waals surface area contributed by atoms with Crippen molar-refractivity contribution in [2.24, 2.45) is 5.73 Å². The second kappa shape index (κ2) is 10.6. The number of fused-ring (bicyclic) bond motifs is 1. The van der Waals surface area contributed by atoms with Crippen LogP contribution in [0, 0.1) is 0 Å². The van der Waals surface area contributed by atoms with E-state index in [1.165, 1.54) is 49.3 Å². The number of alkyl halides is 3. The quantitative estimate of drug-likeness (QED) is 0.324. The molecular formula is C25H24F3N5O6. The van der Waals surface area contributed by atoms with E-state index in [0.29, 0.717) is 0 Å². The molecule has 1 amide bonds. The van der Waals surface area contributed by atoms with Crippen molar-refractivity contribution in [3.05, 3.63) is 80.9 Å². The highest BCUT2D eigenvalue weighted by Crippen LogP contribution is 2.44. The molecule has 1 aliphatic heterocycles. The Hall–Kier alpha value is -4.59. The van der Waals surface area contributed by atoms with Crippen LogP contribution in [0.3, 0.4) is 0 Å². The summed E-state index contributed by atoms with van der Waals surface area (Å²) in [6, 6.07) is 7.40. The Kier molecular flexibility index (Phi) is 7.49. The maximum Gasteiger partial charge on any atom is 0.416 e. The monoisotopic (exact) mass is 547 g/mol. The van der Waals surface area contributed by atoms with Crippen LogP contribution in [0.1, 0.15) is 34.5 Å². The number of carbonyl (C=O) groups is 2. The van der Waals surface area contributed by atoms with E-state index in [1.807, 2.05) is 0 Å². The predicted octanol–water partition coefficient (Wildman–Crippen LogP) is 2.90. The Morgan fingerprint density at radius 1 is 1.13 bits per heavy atom. The molecule has 14 heteroatoms. The fourth-order valence-corrected chi connectivity index (χ4v) is 4.35. The van der Waals surface area contributed by atoms with Crippen LogP contribution >= 0.6 is 0 Å². The number of halogens is 3. The molecule has 11 nitrogen and oxygen atoms in total. The normalized spacial score (nSPS) is 15.2. The molecule has 1 aliphatic rings. The number of primary amides is 1. The molecule has 4 rings (SSSR count). The van der Waals surface area contributed by atoms with Gasteiger partial charge in [0.15, 0.2) is 0 Å². The minimum absolute atomic E-state index is 0.00284. The number of aromatic amines is 1. The van der Waals surface area contributed by atoms with Crippen molar-refractivity contribution in [3.63, 3.8) is 0 Å². The van der Waals surface area contributed by atoms with Crippen LogP contribution in [0.25, 0.3) is 0 Å². The van der Waals surface area contributed by atoms with Gasteiger partial charge in [-0.2, -0.15) is 13.2 Å². The van der Waals surface area contributed by atoms with Crippen LogP contribution in [0.4, 0.5) is 24.8 Å². The first-order valence-corrected chi connectivity index (χ1v) is 11.5. The fraction of sp³-hybridized carbons (Fsp3) is 0.280. The van der Waals surface area contributed by atoms with Crippen molar-refractivity contribution >= 4 is 23.5 Å². The predicted molar refractivity (Wildman–Crippen MR) is 132 cm³/mol. The van der Waals surface area contributed by atoms with Crippen LogP contribution in [0.5, 0.6) is 5.75 Å². The Balaban J connectivity index is 1.99. The van der Waals surface area contributed by atoms with E-state index in [1.54, 1.807) is 0 Å². The van der Waals surface area contributed by atoms with Gasteiger partial charge >= 0.3 is 17.8 Å². The number of amides is 1. The molecule has 1 unspecified atom stereocenters. The number of methoxy groups -OCH3 is 2. The summed E-state index contributed by atoms with van der Waals surface area (Å²) >= 11 is 0. The molecule has 0 radical (unpaired) electrons. The lowest BCUT2D eigenvalue weighted by Gasteiger charge is -2.36. The van der Waals surface area contributed by atoms with Gasteiger partial charge in [0, 0.05) is 29.6 Å². The number of rotatable bonds is 8. The third-order valence-corrected chi connectivity index (χ3v) is 6.12. The van der Waals surface area contributed by atoms with Gasteiger partial charge in [0.1, 0.15) is 18.4 Å². The fourth-order valence-electron chi connectivity index (χ4n) is 4.35. The van der Waals surface area contributed by atoms with Crippen molar-refractivity contribution in [2.45, 2.75) is 19.1 Å². The van der Waals surface area contributed by atoms with Gasteiger partial charge in [-0.25, -0.2) is 19.3 Å². The molecule has 0 aliphatic carbocycles. The van der Waals surface area contributed by atoms with Crippen LogP contribution in [-0.2, 0) is 20.4 Å². The average Bonchev–Trinajstić information content (AvgIpc) is 3.28. The smallest absolute Gasteiger partial charge is 0.416 e. The number of nitrogens with one attached hydrogen (secondary N) is 1. The van der Waals surface area contributed by atoms with Gasteiger partial charge in [-0.05, 0) is 37.3 Å². The number of hydrogen-bond donors (Lipinski definition) is 2. The lowest BCUT2D eigenvalue weighted by Crippen LogP contribution is -2.38. The molecule has 3 aromatic rings. The summed E-state index contributed by atoms with van der Waals surface area (Å²) in [4.78, 5) is 39.4. The highest BCUT2D eigenvalue weighted by molar-refractivity contribution is 5.95. The maximum atomic E-state index is 13.5. The van der Waals surface area contributed by atoms with E-state index >= 15 is 0 Å². The summed E-state index contributed by atoms with van der Waals surface area (Å²) in [5.74, 6) is -1.56. The first-order valence-electron chi connectivity index (χ1n) is 11.5. The van der Waals surface area contributed by atoms with Crippen molar-refractivity contribution in [3.8, 4) is 5.75 Å². The van der Waals surface area contributed by atoms with E-state index in [-0.39, 0.29) is 53.0 Å². The molecule has 3 N–H and O–H groups in total. The largest absolute Gasteiger partial charge is 0.491 e. The zero-order chi connectivity index (χ0) is 28.5. The summed E-state index contributed by atoms with van der Waals surface area (Å²) in [7, 11) is 2.60. The molecule has 39 heavy (non-hydrogen) atoms. The topological polar surface area (TPSA) is 142 Å². The number of esters is 1. The minimum atomic E-state index is -4.64. The number of aromatic nitrogens is 3. The number of allylic oxidation sites excluding steroid dienone is 1. The van der Waals surface area contributed by atoms with E-state index < -0.39 is 35.3 Å². The minimum Gasteiger partial charge on any atom is -0.491 e. The Morgan fingerprint density at radius 3 is 2.51 bits per heavy atom. The summed E-state index contributed by atoms with van der Waals surface area (Å²) in [6.45, 7) is 1.73. The lowest BCUT2D eigenvalue weighted by molar-refractivity contribution is -0.138. The molecule has 2 aromatic carbocycles. The number of hydrogen-bond acceptors (Lipinski definition) is 8. The van der Waals surface area contributed by atoms with E-state index in [2.05, 4.69) is 10.2 Å². The molecule has 206 valence electrons. The number of nitrogens with two attached hydrogens (primary N) is 1. The van der Waals surface area contributed by atoms with Crippen molar-refractivity contribution in [1.29, 1.82) is 0 Å². The standard InChI is InChI=1S/C25H24F3N5O6/c1-13-19(22(35)38-3)20(17-8-7-14(21(29)34)11-18(17)39-10-9-37-2)33-23(30-31-24(33)36)32(13)16-6-4-5-15(12-16)25(26,27)28/h4-8,11-12,20H,9-10H2,1-3H3,(H2,29,34)(H,31,36). The second-order valence-electron chi connectivity index (χ2n) is 8.43. The summed E-state index contributed by atoms with van der Waals surface area (Å²) < 4.78 is 57.5. The third-order valence-electron chi connectivity index (χ3n) is 6.12. The Labute approximate surface area is 219 Å². The van der Waals surface area contributed by atoms with Crippen LogP contribution < -0.4 is 21.1 Å². The average molecular weight is 547 g/mol. The Morgan fingerprint density at radius 2 is 1.87 bits per heavy atom. The molecule has 2 heterocycles. The second-order valence-corrected chi connectivity index (χ2v) is 8.43. The highest BCUT2D eigenvalue weighted by Gasteiger charge is 2.41. The van der Waals surface area contributed by atoms with Gasteiger partial charge < -0.3 is 19.9 Å². The number of benzene rings is 2. The van der Waals surface area contributed by atoms with E-state index in [9.17, 15) is 27.6 Å². The molecule has 0 saturated heterocycles. The van der Waals surface area contributed by atoms with Crippen LogP contribution in [0.2, 0.25) is 0 Å². The first kappa shape index (κ1) is 27.4. The van der Waals surface area contributed by atoms with Crippen LogP contribution in [0.15, 0.2) is 58.5 Å². The summed E-state index contributed by atoms with van der Waals surface area (Å²) in [5, 5.41) is 6.35. The van der Waals surface area contributed by atoms with Gasteiger partial charge in [0.2, 0.25) is 11.9 Å². The SMILES string of the molecule is COCCOc1cc(C(N)=O)ccc1C1C(C(=O)OC)=C(C)N(c2cccc(C(F)(F)F)c2)c2n[nH]c(=O)n21. The molecule has 1 atom stereocenters. The molecule has 0 saturated carbocycles. The van der Waals surface area contributed by atoms with Gasteiger partial charge in [-0.1, -0.05) is 12.1 Å². The Bertz CT molecular complexity index is 1510. The number of nitrogens with zero attached hydrogens (tertiary/aromatic N) is 3. The molecule has 0 spiro atoms.